The summed E-state index contributed by atoms with van der Waals surface area (Å²) >= 11 is 12.0. The van der Waals surface area contributed by atoms with Crippen LogP contribution in [0.3, 0.4) is 0 Å². The quantitative estimate of drug-likeness (QED) is 0.811. The number of nitrogens with two attached hydrogens (primary N) is 1. The van der Waals surface area contributed by atoms with Gasteiger partial charge in [-0.05, 0) is 49.8 Å². The van der Waals surface area contributed by atoms with Crippen LogP contribution in [0.15, 0.2) is 29.8 Å². The molecule has 1 atom stereocenters. The maximum atomic E-state index is 6.23. The second-order valence-corrected chi connectivity index (χ2v) is 5.41. The Bertz CT molecular complexity index is 426. The van der Waals surface area contributed by atoms with E-state index < -0.39 is 0 Å². The zero-order chi connectivity index (χ0) is 12.3. The summed E-state index contributed by atoms with van der Waals surface area (Å²) in [7, 11) is 0. The molecule has 0 spiro atoms. The lowest BCUT2D eigenvalue weighted by Crippen LogP contribution is -2.26. The average molecular weight is 270 g/mol. The summed E-state index contributed by atoms with van der Waals surface area (Å²) in [5.41, 5.74) is 8.68. The normalized spacial score (nSPS) is 17.7. The van der Waals surface area contributed by atoms with Gasteiger partial charge in [0.25, 0.3) is 0 Å². The molecule has 0 aliphatic heterocycles. The van der Waals surface area contributed by atoms with Crippen molar-refractivity contribution in [2.75, 3.05) is 0 Å². The molecule has 2 N–H and O–H groups in total. The summed E-state index contributed by atoms with van der Waals surface area (Å²) in [5, 5.41) is 1.38. The molecule has 0 radical (unpaired) electrons. The fraction of sp³-hybridized carbons (Fsp3) is 0.429. The molecule has 2 rings (SSSR count). The maximum absolute atomic E-state index is 6.23. The van der Waals surface area contributed by atoms with Gasteiger partial charge in [0.2, 0.25) is 0 Å². The Balaban J connectivity index is 2.07. The zero-order valence-corrected chi connectivity index (χ0v) is 11.3. The maximum Gasteiger partial charge on any atom is 0.0453 e. The summed E-state index contributed by atoms with van der Waals surface area (Å²) < 4.78 is 0. The molecule has 0 saturated carbocycles. The molecule has 0 aromatic heterocycles. The van der Waals surface area contributed by atoms with Gasteiger partial charge in [0.15, 0.2) is 0 Å². The van der Waals surface area contributed by atoms with Gasteiger partial charge in [-0.1, -0.05) is 40.9 Å². The van der Waals surface area contributed by atoms with Gasteiger partial charge in [-0.25, -0.2) is 0 Å². The van der Waals surface area contributed by atoms with Crippen molar-refractivity contribution in [3.63, 3.8) is 0 Å². The van der Waals surface area contributed by atoms with Crippen LogP contribution in [0.2, 0.25) is 10.0 Å². The van der Waals surface area contributed by atoms with E-state index in [4.69, 9.17) is 28.9 Å². The van der Waals surface area contributed by atoms with Crippen LogP contribution in [0.5, 0.6) is 0 Å². The molecule has 1 aromatic rings. The van der Waals surface area contributed by atoms with Crippen LogP contribution in [0, 0.1) is 0 Å². The smallest absolute Gasteiger partial charge is 0.0453 e. The number of hydrogen-bond acceptors (Lipinski definition) is 1. The third-order valence-corrected chi connectivity index (χ3v) is 3.84. The lowest BCUT2D eigenvalue weighted by molar-refractivity contribution is 0.630. The Morgan fingerprint density at radius 3 is 2.71 bits per heavy atom. The Morgan fingerprint density at radius 2 is 2.06 bits per heavy atom. The van der Waals surface area contributed by atoms with Crippen molar-refractivity contribution in [2.24, 2.45) is 5.73 Å². The van der Waals surface area contributed by atoms with Gasteiger partial charge in [-0.15, -0.1) is 0 Å². The van der Waals surface area contributed by atoms with E-state index in [0.717, 1.165) is 24.8 Å². The van der Waals surface area contributed by atoms with Crippen LogP contribution >= 0.6 is 23.2 Å². The van der Waals surface area contributed by atoms with Gasteiger partial charge in [0, 0.05) is 16.1 Å². The number of hydrogen-bond donors (Lipinski definition) is 1. The molecule has 0 amide bonds. The topological polar surface area (TPSA) is 26.0 Å². The van der Waals surface area contributed by atoms with Crippen molar-refractivity contribution in [3.8, 4) is 0 Å². The highest BCUT2D eigenvalue weighted by molar-refractivity contribution is 6.35. The lowest BCUT2D eigenvalue weighted by Gasteiger charge is -2.20. The van der Waals surface area contributed by atoms with Crippen LogP contribution in [-0.4, -0.2) is 6.04 Å². The molecule has 1 unspecified atom stereocenters. The van der Waals surface area contributed by atoms with Crippen LogP contribution < -0.4 is 5.73 Å². The minimum atomic E-state index is 0.0916. The zero-order valence-electron chi connectivity index (χ0n) is 9.76. The van der Waals surface area contributed by atoms with Crippen molar-refractivity contribution < 1.29 is 0 Å². The molecule has 1 aliphatic carbocycles. The molecule has 0 heterocycles. The summed E-state index contributed by atoms with van der Waals surface area (Å²) in [6.07, 6.45) is 7.93. The van der Waals surface area contributed by atoms with E-state index in [-0.39, 0.29) is 6.04 Å². The van der Waals surface area contributed by atoms with Crippen molar-refractivity contribution in [3.05, 3.63) is 45.5 Å². The molecule has 1 nitrogen and oxygen atoms in total. The third kappa shape index (κ3) is 3.48. The van der Waals surface area contributed by atoms with E-state index in [1.807, 2.05) is 12.1 Å². The number of rotatable bonds is 3. The van der Waals surface area contributed by atoms with Crippen LogP contribution in [-0.2, 0) is 6.42 Å². The summed E-state index contributed by atoms with van der Waals surface area (Å²) in [5.74, 6) is 0. The Hall–Kier alpha value is -0.500. The first-order chi connectivity index (χ1) is 8.16. The van der Waals surface area contributed by atoms with E-state index in [9.17, 15) is 0 Å². The minimum absolute atomic E-state index is 0.0916. The molecule has 1 aliphatic rings. The predicted molar refractivity (Wildman–Crippen MR) is 74.7 cm³/mol. The first-order valence-electron chi connectivity index (χ1n) is 6.05. The first-order valence-corrected chi connectivity index (χ1v) is 6.81. The summed E-state index contributed by atoms with van der Waals surface area (Å²) in [6, 6.07) is 5.70. The van der Waals surface area contributed by atoms with Crippen molar-refractivity contribution >= 4 is 23.2 Å². The molecule has 0 saturated heterocycles. The van der Waals surface area contributed by atoms with Gasteiger partial charge in [-0.3, -0.25) is 0 Å². The molecule has 3 heteroatoms. The SMILES string of the molecule is NC(Cc1ccc(Cl)cc1Cl)C1=CCCCC1. The highest BCUT2D eigenvalue weighted by Gasteiger charge is 2.14. The average Bonchev–Trinajstić information content (AvgIpc) is 2.34. The largest absolute Gasteiger partial charge is 0.324 e. The molecule has 1 aromatic carbocycles. The second-order valence-electron chi connectivity index (χ2n) is 4.57. The molecule has 0 fully saturated rings. The fourth-order valence-electron chi connectivity index (χ4n) is 2.25. The predicted octanol–water partition coefficient (Wildman–Crippen LogP) is 4.36. The summed E-state index contributed by atoms with van der Waals surface area (Å²) in [4.78, 5) is 0. The molecule has 17 heavy (non-hydrogen) atoms. The highest BCUT2D eigenvalue weighted by Crippen LogP contribution is 2.25. The van der Waals surface area contributed by atoms with Crippen LogP contribution in [0.1, 0.15) is 31.2 Å². The molecule has 0 bridgehead atoms. The Labute approximate surface area is 113 Å². The number of benzene rings is 1. The first kappa shape index (κ1) is 12.9. The van der Waals surface area contributed by atoms with Crippen molar-refractivity contribution in [1.29, 1.82) is 0 Å². The lowest BCUT2D eigenvalue weighted by atomic mass is 9.91. The minimum Gasteiger partial charge on any atom is -0.324 e. The monoisotopic (exact) mass is 269 g/mol. The van der Waals surface area contributed by atoms with E-state index >= 15 is 0 Å². The van der Waals surface area contributed by atoms with E-state index in [2.05, 4.69) is 6.08 Å². The van der Waals surface area contributed by atoms with Crippen molar-refractivity contribution in [2.45, 2.75) is 38.1 Å². The fourth-order valence-corrected chi connectivity index (χ4v) is 2.74. The van der Waals surface area contributed by atoms with Gasteiger partial charge in [0.1, 0.15) is 0 Å². The number of halogens is 2. The third-order valence-electron chi connectivity index (χ3n) is 3.26. The van der Waals surface area contributed by atoms with E-state index in [1.54, 1.807) is 6.07 Å². The summed E-state index contributed by atoms with van der Waals surface area (Å²) in [6.45, 7) is 0. The van der Waals surface area contributed by atoms with Crippen molar-refractivity contribution in [1.82, 2.24) is 0 Å². The Kier molecular flexibility index (Phi) is 4.49. The number of allylic oxidation sites excluding steroid dienone is 1. The Morgan fingerprint density at radius 1 is 1.24 bits per heavy atom. The van der Waals surface area contributed by atoms with Gasteiger partial charge >= 0.3 is 0 Å². The van der Waals surface area contributed by atoms with E-state index in [0.29, 0.717) is 10.0 Å². The van der Waals surface area contributed by atoms with Crippen LogP contribution in [0.25, 0.3) is 0 Å². The van der Waals surface area contributed by atoms with Gasteiger partial charge in [-0.2, -0.15) is 0 Å². The van der Waals surface area contributed by atoms with Gasteiger partial charge in [0.05, 0.1) is 0 Å². The standard InChI is InChI=1S/C14H17Cl2N/c15-12-7-6-11(13(16)9-12)8-14(17)10-4-2-1-3-5-10/h4,6-7,9,14H,1-3,5,8,17H2. The van der Waals surface area contributed by atoms with E-state index in [1.165, 1.54) is 18.4 Å². The molecule has 92 valence electrons. The molecular formula is C14H17Cl2N. The highest BCUT2D eigenvalue weighted by atomic mass is 35.5. The second kappa shape index (κ2) is 5.90. The molecular weight excluding hydrogens is 253 g/mol. The van der Waals surface area contributed by atoms with Crippen LogP contribution in [0.4, 0.5) is 0 Å². The van der Waals surface area contributed by atoms with Gasteiger partial charge < -0.3 is 5.73 Å².